The Morgan fingerprint density at radius 1 is 1.23 bits per heavy atom. The summed E-state index contributed by atoms with van der Waals surface area (Å²) in [6.45, 7) is 3.99. The van der Waals surface area contributed by atoms with Crippen molar-refractivity contribution in [2.45, 2.75) is 38.8 Å². The van der Waals surface area contributed by atoms with E-state index in [4.69, 9.17) is 9.15 Å². The predicted octanol–water partition coefficient (Wildman–Crippen LogP) is 2.96. The van der Waals surface area contributed by atoms with Crippen molar-refractivity contribution in [3.05, 3.63) is 41.8 Å². The van der Waals surface area contributed by atoms with Crippen molar-refractivity contribution in [2.75, 3.05) is 33.8 Å². The zero-order valence-corrected chi connectivity index (χ0v) is 20.7. The fourth-order valence-electron chi connectivity index (χ4n) is 3.04. The van der Waals surface area contributed by atoms with Crippen molar-refractivity contribution < 1.29 is 13.9 Å². The van der Waals surface area contributed by atoms with E-state index in [1.807, 2.05) is 31.2 Å². The van der Waals surface area contributed by atoms with E-state index in [0.29, 0.717) is 24.9 Å². The lowest BCUT2D eigenvalue weighted by Crippen LogP contribution is -2.45. The molecule has 31 heavy (non-hydrogen) atoms. The first kappa shape index (κ1) is 25.1. The Balaban J connectivity index is 0.00000341. The highest BCUT2D eigenvalue weighted by molar-refractivity contribution is 14.0. The van der Waals surface area contributed by atoms with Gasteiger partial charge in [0.15, 0.2) is 5.96 Å². The fourth-order valence-corrected chi connectivity index (χ4v) is 3.04. The molecule has 1 saturated heterocycles. The molecule has 1 unspecified atom stereocenters. The molecule has 2 heterocycles. The Morgan fingerprint density at radius 2 is 2.00 bits per heavy atom. The minimum Gasteiger partial charge on any atom is -0.444 e. The van der Waals surface area contributed by atoms with Crippen LogP contribution in [-0.4, -0.2) is 61.6 Å². The van der Waals surface area contributed by atoms with Crippen molar-refractivity contribution in [3.63, 3.8) is 0 Å². The molecular weight excluding hydrogens is 509 g/mol. The molecule has 9 heteroatoms. The molecular formula is C22H32IN5O3. The van der Waals surface area contributed by atoms with Crippen LogP contribution in [0.5, 0.6) is 0 Å². The Bertz CT molecular complexity index is 845. The largest absolute Gasteiger partial charge is 0.444 e. The molecule has 170 valence electrons. The van der Waals surface area contributed by atoms with Gasteiger partial charge in [0.05, 0.1) is 19.2 Å². The van der Waals surface area contributed by atoms with E-state index >= 15 is 0 Å². The Hall–Kier alpha value is -2.14. The first-order valence-electron chi connectivity index (χ1n) is 10.4. The number of hydrogen-bond donors (Lipinski definition) is 2. The van der Waals surface area contributed by atoms with Crippen molar-refractivity contribution in [2.24, 2.45) is 4.99 Å². The van der Waals surface area contributed by atoms with Gasteiger partial charge in [0.1, 0.15) is 12.0 Å². The van der Waals surface area contributed by atoms with Crippen LogP contribution in [0.2, 0.25) is 0 Å². The third-order valence-corrected chi connectivity index (χ3v) is 4.93. The normalized spacial score (nSPS) is 16.4. The van der Waals surface area contributed by atoms with Crippen LogP contribution in [0.15, 0.2) is 39.9 Å². The summed E-state index contributed by atoms with van der Waals surface area (Å²) in [4.78, 5) is 22.6. The first-order valence-corrected chi connectivity index (χ1v) is 10.4. The summed E-state index contributed by atoms with van der Waals surface area (Å²) in [5.74, 6) is 1.10. The molecule has 2 N–H and O–H groups in total. The zero-order chi connectivity index (χ0) is 21.3. The van der Waals surface area contributed by atoms with Crippen LogP contribution >= 0.6 is 24.0 Å². The first-order chi connectivity index (χ1) is 14.5. The lowest BCUT2D eigenvalue weighted by atomic mass is 10.1. The predicted molar refractivity (Wildman–Crippen MR) is 132 cm³/mol. The summed E-state index contributed by atoms with van der Waals surface area (Å²) in [6.07, 6.45) is 5.09. The molecule has 1 aromatic heterocycles. The second-order valence-electron chi connectivity index (χ2n) is 7.69. The highest BCUT2D eigenvalue weighted by Crippen LogP contribution is 2.19. The number of ether oxygens (including phenoxy) is 1. The van der Waals surface area contributed by atoms with E-state index in [1.54, 1.807) is 25.3 Å². The van der Waals surface area contributed by atoms with Gasteiger partial charge >= 0.3 is 0 Å². The number of likely N-dealkylation sites (N-methyl/N-ethyl adjacent to an activating group) is 1. The van der Waals surface area contributed by atoms with Crippen molar-refractivity contribution in [1.82, 2.24) is 20.5 Å². The van der Waals surface area contributed by atoms with Gasteiger partial charge in [0.2, 0.25) is 11.8 Å². The average molecular weight is 541 g/mol. The van der Waals surface area contributed by atoms with Crippen LogP contribution in [0.25, 0.3) is 11.5 Å². The molecule has 1 fully saturated rings. The maximum absolute atomic E-state index is 11.9. The topological polar surface area (TPSA) is 92.0 Å². The number of hydrogen-bond acceptors (Lipinski definition) is 5. The summed E-state index contributed by atoms with van der Waals surface area (Å²) >= 11 is 0. The third kappa shape index (κ3) is 8.13. The number of aliphatic imine (C=N–C) groups is 1. The van der Waals surface area contributed by atoms with E-state index in [1.165, 1.54) is 12.0 Å². The molecule has 1 aliphatic rings. The maximum atomic E-state index is 11.9. The van der Waals surface area contributed by atoms with Gasteiger partial charge in [-0.3, -0.25) is 4.79 Å². The van der Waals surface area contributed by atoms with Gasteiger partial charge in [-0.15, -0.1) is 24.0 Å². The van der Waals surface area contributed by atoms with E-state index in [2.05, 4.69) is 20.6 Å². The van der Waals surface area contributed by atoms with Crippen LogP contribution in [0, 0.1) is 6.92 Å². The molecule has 0 aliphatic carbocycles. The number of oxazole rings is 1. The quantitative estimate of drug-likeness (QED) is 0.318. The van der Waals surface area contributed by atoms with Gasteiger partial charge < -0.3 is 24.7 Å². The SMILES string of the molecule is Cc1ccc(-c2nc(CN=C(NCC(=O)N(C)C)NCC3CCCCO3)co2)cc1.I. The van der Waals surface area contributed by atoms with Crippen LogP contribution in [0.1, 0.15) is 30.5 Å². The van der Waals surface area contributed by atoms with Gasteiger partial charge in [0.25, 0.3) is 0 Å². The van der Waals surface area contributed by atoms with Crippen molar-refractivity contribution in [3.8, 4) is 11.5 Å². The number of benzene rings is 1. The average Bonchev–Trinajstić information content (AvgIpc) is 3.23. The number of carbonyl (C=O) groups is 1. The molecule has 0 radical (unpaired) electrons. The highest BCUT2D eigenvalue weighted by atomic mass is 127. The van der Waals surface area contributed by atoms with E-state index in [9.17, 15) is 4.79 Å². The minimum absolute atomic E-state index is 0. The Labute approximate surface area is 200 Å². The molecule has 1 atom stereocenters. The van der Waals surface area contributed by atoms with E-state index in [-0.39, 0.29) is 42.5 Å². The zero-order valence-electron chi connectivity index (χ0n) is 18.4. The molecule has 3 rings (SSSR count). The standard InChI is InChI=1S/C22H31N5O3.HI/c1-16-7-9-17(10-8-16)21-26-18(15-30-21)12-23-22(25-14-20(28)27(2)3)24-13-19-6-4-5-11-29-19;/h7-10,15,19H,4-6,11-14H2,1-3H3,(H2,23,24,25);1H. The third-order valence-electron chi connectivity index (χ3n) is 4.93. The summed E-state index contributed by atoms with van der Waals surface area (Å²) < 4.78 is 11.4. The van der Waals surface area contributed by atoms with Crippen LogP contribution in [0.3, 0.4) is 0 Å². The van der Waals surface area contributed by atoms with Crippen molar-refractivity contribution in [1.29, 1.82) is 0 Å². The van der Waals surface area contributed by atoms with Crippen LogP contribution < -0.4 is 10.6 Å². The number of nitrogens with one attached hydrogen (secondary N) is 2. The fraction of sp³-hybridized carbons (Fsp3) is 0.500. The number of guanidine groups is 1. The molecule has 0 saturated carbocycles. The summed E-state index contributed by atoms with van der Waals surface area (Å²) in [7, 11) is 3.46. The second-order valence-corrected chi connectivity index (χ2v) is 7.69. The lowest BCUT2D eigenvalue weighted by molar-refractivity contribution is -0.127. The highest BCUT2D eigenvalue weighted by Gasteiger charge is 2.15. The molecule has 1 amide bonds. The minimum atomic E-state index is -0.0264. The number of amides is 1. The number of nitrogens with zero attached hydrogens (tertiary/aromatic N) is 3. The number of halogens is 1. The van der Waals surface area contributed by atoms with Gasteiger partial charge in [-0.25, -0.2) is 9.98 Å². The van der Waals surface area contributed by atoms with Crippen molar-refractivity contribution >= 4 is 35.8 Å². The number of rotatable bonds is 7. The smallest absolute Gasteiger partial charge is 0.241 e. The molecule has 2 aromatic rings. The Kier molecular flexibility index (Phi) is 10.3. The van der Waals surface area contributed by atoms with Crippen LogP contribution in [-0.2, 0) is 16.1 Å². The van der Waals surface area contributed by atoms with E-state index < -0.39 is 0 Å². The van der Waals surface area contributed by atoms with Crippen LogP contribution in [0.4, 0.5) is 0 Å². The summed E-state index contributed by atoms with van der Waals surface area (Å²) in [6, 6.07) is 8.02. The van der Waals surface area contributed by atoms with Gasteiger partial charge in [0, 0.05) is 32.8 Å². The number of carbonyl (C=O) groups excluding carboxylic acids is 1. The molecule has 0 bridgehead atoms. The van der Waals surface area contributed by atoms with Gasteiger partial charge in [-0.1, -0.05) is 17.7 Å². The van der Waals surface area contributed by atoms with Gasteiger partial charge in [-0.05, 0) is 38.3 Å². The molecule has 8 nitrogen and oxygen atoms in total. The lowest BCUT2D eigenvalue weighted by Gasteiger charge is -2.24. The second kappa shape index (κ2) is 12.7. The van der Waals surface area contributed by atoms with E-state index in [0.717, 1.165) is 30.7 Å². The number of aryl methyl sites for hydroxylation is 1. The summed E-state index contributed by atoms with van der Waals surface area (Å²) in [5.41, 5.74) is 2.84. The maximum Gasteiger partial charge on any atom is 0.241 e. The molecule has 1 aromatic carbocycles. The molecule has 1 aliphatic heterocycles. The number of aromatic nitrogens is 1. The molecule has 0 spiro atoms. The summed E-state index contributed by atoms with van der Waals surface area (Å²) in [5, 5.41) is 6.37. The van der Waals surface area contributed by atoms with Gasteiger partial charge in [-0.2, -0.15) is 0 Å². The Morgan fingerprint density at radius 3 is 2.68 bits per heavy atom. The monoisotopic (exact) mass is 541 g/mol.